The lowest BCUT2D eigenvalue weighted by Gasteiger charge is -2.15. The fraction of sp³-hybridized carbons (Fsp3) is 0.292. The average molecular weight is 456 g/mol. The number of hydrogen-bond donors (Lipinski definition) is 2. The van der Waals surface area contributed by atoms with Crippen LogP contribution in [0.4, 0.5) is 11.4 Å². The van der Waals surface area contributed by atoms with E-state index in [1.54, 1.807) is 18.2 Å². The molecule has 1 aliphatic heterocycles. The standard InChI is InChI=1S/C24H26N2O5S/c1-24(2)20-17-18(23(27)28)12-13-21(20)26(15-8-16-32(29,30)31)22(24)11-6-7-14-25-19-9-4-3-5-10-19/h3-6,9-14,17H,7-8,15-16H2,1-2H3,(H-,27,28,29,30,31)/p+1. The van der Waals surface area contributed by atoms with Crippen molar-refractivity contribution in [2.45, 2.75) is 32.1 Å². The number of allylic oxidation sites excluding steroid dienone is 2. The Morgan fingerprint density at radius 1 is 1.16 bits per heavy atom. The highest BCUT2D eigenvalue weighted by Gasteiger charge is 2.44. The van der Waals surface area contributed by atoms with E-state index in [4.69, 9.17) is 4.55 Å². The number of aromatic carboxylic acids is 1. The first-order chi connectivity index (χ1) is 15.1. The Morgan fingerprint density at radius 3 is 2.53 bits per heavy atom. The molecule has 2 aromatic rings. The Balaban J connectivity index is 1.89. The lowest BCUT2D eigenvalue weighted by molar-refractivity contribution is -0.437. The van der Waals surface area contributed by atoms with E-state index in [-0.39, 0.29) is 17.7 Å². The molecule has 0 radical (unpaired) electrons. The van der Waals surface area contributed by atoms with Crippen LogP contribution >= 0.6 is 0 Å². The predicted molar refractivity (Wildman–Crippen MR) is 126 cm³/mol. The summed E-state index contributed by atoms with van der Waals surface area (Å²) in [7, 11) is -4.06. The highest BCUT2D eigenvalue weighted by molar-refractivity contribution is 7.85. The molecule has 3 rings (SSSR count). The molecule has 1 aliphatic rings. The van der Waals surface area contributed by atoms with Crippen molar-refractivity contribution in [2.24, 2.45) is 4.99 Å². The van der Waals surface area contributed by atoms with E-state index in [2.05, 4.69) is 4.99 Å². The van der Waals surface area contributed by atoms with Crippen LogP contribution in [0.15, 0.2) is 65.7 Å². The van der Waals surface area contributed by atoms with Gasteiger partial charge in [0.15, 0.2) is 5.71 Å². The van der Waals surface area contributed by atoms with Gasteiger partial charge in [-0.2, -0.15) is 13.0 Å². The minimum Gasteiger partial charge on any atom is -0.478 e. The number of aliphatic imine (C=N–C) groups is 1. The molecular formula is C24H27N2O5S+. The molecule has 1 heterocycles. The van der Waals surface area contributed by atoms with Gasteiger partial charge in [-0.25, -0.2) is 4.79 Å². The van der Waals surface area contributed by atoms with Crippen molar-refractivity contribution in [2.75, 3.05) is 12.3 Å². The first-order valence-electron chi connectivity index (χ1n) is 10.3. The highest BCUT2D eigenvalue weighted by atomic mass is 32.2. The van der Waals surface area contributed by atoms with Gasteiger partial charge < -0.3 is 5.11 Å². The number of nitrogens with zero attached hydrogens (tertiary/aromatic N) is 2. The maximum atomic E-state index is 11.5. The van der Waals surface area contributed by atoms with Crippen molar-refractivity contribution in [3.8, 4) is 0 Å². The molecule has 0 atom stereocenters. The molecule has 168 valence electrons. The molecule has 2 aromatic carbocycles. The van der Waals surface area contributed by atoms with Crippen LogP contribution in [0.5, 0.6) is 0 Å². The second kappa shape index (κ2) is 9.58. The number of hydrogen-bond acceptors (Lipinski definition) is 4. The molecule has 0 spiro atoms. The summed E-state index contributed by atoms with van der Waals surface area (Å²) < 4.78 is 33.5. The predicted octanol–water partition coefficient (Wildman–Crippen LogP) is 4.39. The smallest absolute Gasteiger partial charge is 0.335 e. The molecule has 0 bridgehead atoms. The summed E-state index contributed by atoms with van der Waals surface area (Å²) in [6.45, 7) is 4.40. The SMILES string of the molecule is CC1(C)C(C=CCC=Nc2ccccc2)=[N+](CCCS(=O)(=O)O)c2ccc(C(=O)O)cc21. The number of carbonyl (C=O) groups is 1. The van der Waals surface area contributed by atoms with Crippen molar-refractivity contribution in [3.05, 3.63) is 71.8 Å². The fourth-order valence-corrected chi connectivity index (χ4v) is 4.36. The van der Waals surface area contributed by atoms with Crippen molar-refractivity contribution in [1.29, 1.82) is 0 Å². The van der Waals surface area contributed by atoms with Crippen LogP contribution in [0.1, 0.15) is 42.6 Å². The second-order valence-corrected chi connectivity index (χ2v) is 9.70. The molecule has 32 heavy (non-hydrogen) atoms. The molecule has 2 N–H and O–H groups in total. The molecule has 0 saturated carbocycles. The first kappa shape index (κ1) is 23.6. The second-order valence-electron chi connectivity index (χ2n) is 8.12. The van der Waals surface area contributed by atoms with Crippen LogP contribution in [-0.4, -0.2) is 52.8 Å². The minimum absolute atomic E-state index is 0.204. The zero-order chi connectivity index (χ0) is 23.4. The summed E-state index contributed by atoms with van der Waals surface area (Å²) in [6.07, 6.45) is 6.60. The van der Waals surface area contributed by atoms with Gasteiger partial charge in [-0.05, 0) is 38.1 Å². The van der Waals surface area contributed by atoms with Gasteiger partial charge in [0.05, 0.1) is 22.4 Å². The van der Waals surface area contributed by atoms with E-state index in [1.807, 2.05) is 67.1 Å². The third-order valence-electron chi connectivity index (χ3n) is 5.44. The summed E-state index contributed by atoms with van der Waals surface area (Å²) >= 11 is 0. The van der Waals surface area contributed by atoms with E-state index in [9.17, 15) is 18.3 Å². The maximum absolute atomic E-state index is 11.5. The summed E-state index contributed by atoms with van der Waals surface area (Å²) in [6, 6.07) is 14.6. The number of carboxylic acid groups (broad SMARTS) is 1. The van der Waals surface area contributed by atoms with Crippen LogP contribution in [0.3, 0.4) is 0 Å². The Labute approximate surface area is 188 Å². The molecule has 0 fully saturated rings. The quantitative estimate of drug-likeness (QED) is 0.331. The number of fused-ring (bicyclic) bond motifs is 1. The molecule has 0 aromatic heterocycles. The molecule has 0 amide bonds. The largest absolute Gasteiger partial charge is 0.478 e. The first-order valence-corrected chi connectivity index (χ1v) is 11.9. The lowest BCUT2D eigenvalue weighted by atomic mass is 9.80. The van der Waals surface area contributed by atoms with Crippen molar-refractivity contribution >= 4 is 39.4 Å². The molecule has 0 unspecified atom stereocenters. The average Bonchev–Trinajstić information content (AvgIpc) is 2.94. The maximum Gasteiger partial charge on any atom is 0.335 e. The van der Waals surface area contributed by atoms with E-state index in [0.717, 1.165) is 22.6 Å². The topological polar surface area (TPSA) is 107 Å². The lowest BCUT2D eigenvalue weighted by Crippen LogP contribution is -2.28. The molecular weight excluding hydrogens is 428 g/mol. The molecule has 0 aliphatic carbocycles. The van der Waals surface area contributed by atoms with Gasteiger partial charge in [-0.3, -0.25) is 9.55 Å². The van der Waals surface area contributed by atoms with Crippen LogP contribution in [-0.2, 0) is 15.5 Å². The van der Waals surface area contributed by atoms with Gasteiger partial charge in [0.25, 0.3) is 10.1 Å². The Morgan fingerprint density at radius 2 is 1.88 bits per heavy atom. The third-order valence-corrected chi connectivity index (χ3v) is 6.24. The number of rotatable bonds is 9. The van der Waals surface area contributed by atoms with Crippen LogP contribution in [0, 0.1) is 0 Å². The Kier molecular flexibility index (Phi) is 7.06. The van der Waals surface area contributed by atoms with Gasteiger partial charge in [0.2, 0.25) is 5.69 Å². The van der Waals surface area contributed by atoms with Gasteiger partial charge in [0.1, 0.15) is 6.54 Å². The fourth-order valence-electron chi connectivity index (χ4n) is 3.87. The molecule has 0 saturated heterocycles. The number of benzene rings is 2. The summed E-state index contributed by atoms with van der Waals surface area (Å²) in [5.74, 6) is -1.34. The van der Waals surface area contributed by atoms with Crippen molar-refractivity contribution in [3.63, 3.8) is 0 Å². The van der Waals surface area contributed by atoms with Crippen LogP contribution in [0.25, 0.3) is 0 Å². The number of carboxylic acids is 1. The Bertz CT molecular complexity index is 1200. The summed E-state index contributed by atoms with van der Waals surface area (Å²) in [4.78, 5) is 15.9. The number of para-hydroxylation sites is 1. The zero-order valence-corrected chi connectivity index (χ0v) is 18.9. The van der Waals surface area contributed by atoms with E-state index >= 15 is 0 Å². The minimum atomic E-state index is -4.06. The van der Waals surface area contributed by atoms with Crippen LogP contribution < -0.4 is 0 Å². The normalized spacial score (nSPS) is 15.6. The molecule has 7 nitrogen and oxygen atoms in total. The van der Waals surface area contributed by atoms with Gasteiger partial charge in [-0.15, -0.1) is 0 Å². The third kappa shape index (κ3) is 5.57. The van der Waals surface area contributed by atoms with E-state index < -0.39 is 21.5 Å². The van der Waals surface area contributed by atoms with Crippen molar-refractivity contribution < 1.29 is 27.4 Å². The summed E-state index contributed by atoms with van der Waals surface area (Å²) in [5, 5.41) is 9.40. The van der Waals surface area contributed by atoms with Gasteiger partial charge in [-0.1, -0.05) is 24.3 Å². The highest BCUT2D eigenvalue weighted by Crippen LogP contribution is 2.40. The van der Waals surface area contributed by atoms with Crippen LogP contribution in [0.2, 0.25) is 0 Å². The Hall–Kier alpha value is -3.10. The van der Waals surface area contributed by atoms with Crippen molar-refractivity contribution in [1.82, 2.24) is 0 Å². The summed E-state index contributed by atoms with van der Waals surface area (Å²) in [5.41, 5.74) is 3.23. The van der Waals surface area contributed by atoms with E-state index in [0.29, 0.717) is 13.0 Å². The van der Waals surface area contributed by atoms with Gasteiger partial charge >= 0.3 is 5.97 Å². The van der Waals surface area contributed by atoms with E-state index in [1.165, 1.54) is 0 Å². The molecule has 8 heteroatoms. The zero-order valence-electron chi connectivity index (χ0n) is 18.1. The van der Waals surface area contributed by atoms with Gasteiger partial charge in [0, 0.05) is 36.8 Å². The monoisotopic (exact) mass is 455 g/mol.